The number of benzene rings is 1. The Kier molecular flexibility index (Phi) is 2.10. The van der Waals surface area contributed by atoms with Crippen LogP contribution < -0.4 is 5.32 Å². The predicted molar refractivity (Wildman–Crippen MR) is 70.5 cm³/mol. The Hall–Kier alpha value is -2.10. The Morgan fingerprint density at radius 2 is 2.21 bits per heavy atom. The fourth-order valence-electron chi connectivity index (χ4n) is 3.51. The first kappa shape index (κ1) is 10.8. The average Bonchev–Trinajstić information content (AvgIpc) is 2.88. The van der Waals surface area contributed by atoms with Crippen molar-refractivity contribution in [1.29, 1.82) is 0 Å². The summed E-state index contributed by atoms with van der Waals surface area (Å²) >= 11 is 0. The van der Waals surface area contributed by atoms with Crippen LogP contribution in [-0.4, -0.2) is 15.5 Å². The molecule has 2 aromatic rings. The van der Waals surface area contributed by atoms with Crippen LogP contribution in [0.15, 0.2) is 36.8 Å². The molecule has 4 rings (SSSR count). The smallest absolute Gasteiger partial charge is 0.225 e. The van der Waals surface area contributed by atoms with E-state index in [1.165, 1.54) is 5.56 Å². The van der Waals surface area contributed by atoms with Gasteiger partial charge in [-0.2, -0.15) is 0 Å². The van der Waals surface area contributed by atoms with Gasteiger partial charge in [0.25, 0.3) is 0 Å². The number of amides is 1. The van der Waals surface area contributed by atoms with Crippen LogP contribution in [0, 0.1) is 0 Å². The fourth-order valence-corrected chi connectivity index (χ4v) is 3.51. The molecule has 4 nitrogen and oxygen atoms in total. The van der Waals surface area contributed by atoms with Crippen LogP contribution in [0.25, 0.3) is 0 Å². The molecule has 1 spiro atoms. The van der Waals surface area contributed by atoms with Gasteiger partial charge in [0, 0.05) is 6.54 Å². The summed E-state index contributed by atoms with van der Waals surface area (Å²) in [6.07, 6.45) is 6.23. The molecule has 0 saturated carbocycles. The van der Waals surface area contributed by atoms with Crippen LogP contribution in [0.5, 0.6) is 0 Å². The molecule has 2 aliphatic rings. The lowest BCUT2D eigenvalue weighted by atomic mass is 9.75. The first-order chi connectivity index (χ1) is 9.29. The van der Waals surface area contributed by atoms with Gasteiger partial charge in [-0.05, 0) is 24.0 Å². The highest BCUT2D eigenvalue weighted by Crippen LogP contribution is 2.41. The minimum atomic E-state index is -0.374. The van der Waals surface area contributed by atoms with Gasteiger partial charge in [-0.1, -0.05) is 24.3 Å². The number of rotatable bonds is 0. The Morgan fingerprint density at radius 3 is 3.16 bits per heavy atom. The van der Waals surface area contributed by atoms with Gasteiger partial charge in [0.2, 0.25) is 5.91 Å². The second-order valence-corrected chi connectivity index (χ2v) is 5.36. The quantitative estimate of drug-likeness (QED) is 0.775. The van der Waals surface area contributed by atoms with E-state index >= 15 is 0 Å². The van der Waals surface area contributed by atoms with Gasteiger partial charge in [-0.3, -0.25) is 4.79 Å². The molecule has 19 heavy (non-hydrogen) atoms. The van der Waals surface area contributed by atoms with Gasteiger partial charge in [0.1, 0.15) is 5.54 Å². The van der Waals surface area contributed by atoms with Crippen molar-refractivity contribution in [2.45, 2.75) is 31.3 Å². The van der Waals surface area contributed by atoms with Crippen molar-refractivity contribution >= 4 is 5.91 Å². The molecule has 2 aliphatic heterocycles. The van der Waals surface area contributed by atoms with Gasteiger partial charge >= 0.3 is 0 Å². The summed E-state index contributed by atoms with van der Waals surface area (Å²) in [5.41, 5.74) is 3.11. The molecule has 96 valence electrons. The molecule has 0 radical (unpaired) electrons. The summed E-state index contributed by atoms with van der Waals surface area (Å²) in [7, 11) is 0. The second kappa shape index (κ2) is 3.70. The Balaban J connectivity index is 2.00. The molecular formula is C15H15N3O. The molecular weight excluding hydrogens is 238 g/mol. The highest BCUT2D eigenvalue weighted by molar-refractivity contribution is 5.83. The van der Waals surface area contributed by atoms with E-state index in [1.54, 1.807) is 0 Å². The van der Waals surface area contributed by atoms with Gasteiger partial charge in [-0.15, -0.1) is 0 Å². The van der Waals surface area contributed by atoms with Crippen molar-refractivity contribution in [2.75, 3.05) is 0 Å². The number of fused-ring (bicyclic) bond motifs is 4. The molecule has 0 fully saturated rings. The fraction of sp³-hybridized carbons (Fsp3) is 0.333. The normalized spacial score (nSPS) is 24.7. The van der Waals surface area contributed by atoms with E-state index in [4.69, 9.17) is 0 Å². The lowest BCUT2D eigenvalue weighted by molar-refractivity contribution is -0.123. The number of imidazole rings is 1. The zero-order chi connectivity index (χ0) is 12.9. The van der Waals surface area contributed by atoms with Crippen molar-refractivity contribution < 1.29 is 4.79 Å². The average molecular weight is 253 g/mol. The zero-order valence-electron chi connectivity index (χ0n) is 10.6. The molecule has 4 heteroatoms. The van der Waals surface area contributed by atoms with E-state index in [-0.39, 0.29) is 11.4 Å². The van der Waals surface area contributed by atoms with Gasteiger partial charge in [0.05, 0.1) is 24.6 Å². The summed E-state index contributed by atoms with van der Waals surface area (Å²) in [5.74, 6) is 0.105. The van der Waals surface area contributed by atoms with Crippen LogP contribution in [-0.2, 0) is 23.3 Å². The summed E-state index contributed by atoms with van der Waals surface area (Å²) in [5, 5.41) is 3.23. The van der Waals surface area contributed by atoms with Gasteiger partial charge < -0.3 is 9.88 Å². The van der Waals surface area contributed by atoms with Crippen LogP contribution in [0.4, 0.5) is 0 Å². The third-order valence-electron chi connectivity index (χ3n) is 4.28. The third kappa shape index (κ3) is 1.40. The molecule has 0 aliphatic carbocycles. The minimum Gasteiger partial charge on any atom is -0.341 e. The topological polar surface area (TPSA) is 46.9 Å². The number of hydrogen-bond donors (Lipinski definition) is 1. The first-order valence-corrected chi connectivity index (χ1v) is 6.70. The van der Waals surface area contributed by atoms with E-state index in [2.05, 4.69) is 27.0 Å². The Bertz CT molecular complexity index is 661. The van der Waals surface area contributed by atoms with Gasteiger partial charge in [-0.25, -0.2) is 4.98 Å². The highest BCUT2D eigenvalue weighted by atomic mass is 16.1. The minimum absolute atomic E-state index is 0.105. The largest absolute Gasteiger partial charge is 0.341 e. The van der Waals surface area contributed by atoms with Crippen LogP contribution >= 0.6 is 0 Å². The summed E-state index contributed by atoms with van der Waals surface area (Å²) in [6.45, 7) is 0.981. The first-order valence-electron chi connectivity index (χ1n) is 6.70. The second-order valence-electron chi connectivity index (χ2n) is 5.36. The predicted octanol–water partition coefficient (Wildman–Crippen LogP) is 1.59. The lowest BCUT2D eigenvalue weighted by Crippen LogP contribution is -2.53. The number of carbonyl (C=O) groups is 1. The van der Waals surface area contributed by atoms with E-state index in [1.807, 2.05) is 24.7 Å². The van der Waals surface area contributed by atoms with Crippen molar-refractivity contribution in [1.82, 2.24) is 14.9 Å². The molecule has 1 amide bonds. The molecule has 1 unspecified atom stereocenters. The van der Waals surface area contributed by atoms with Crippen LogP contribution in [0.3, 0.4) is 0 Å². The van der Waals surface area contributed by atoms with Crippen molar-refractivity contribution in [3.63, 3.8) is 0 Å². The standard InChI is InChI=1S/C15H15N3O/c19-14-8-11-4-1-2-5-12(11)15(17-14)6-3-7-18-10-16-9-13(15)18/h1-2,4-5,9-10H,3,6-8H2,(H,17,19). The molecule has 3 heterocycles. The molecule has 0 saturated heterocycles. The third-order valence-corrected chi connectivity index (χ3v) is 4.28. The number of aromatic nitrogens is 2. The molecule has 1 aromatic carbocycles. The molecule has 0 bridgehead atoms. The number of carbonyl (C=O) groups excluding carboxylic acids is 1. The maximum Gasteiger partial charge on any atom is 0.225 e. The van der Waals surface area contributed by atoms with E-state index in [0.717, 1.165) is 30.6 Å². The molecule has 1 aromatic heterocycles. The number of nitrogens with one attached hydrogen (secondary N) is 1. The lowest BCUT2D eigenvalue weighted by Gasteiger charge is -2.42. The SMILES string of the molecule is O=C1Cc2ccccc2C2(CCCn3cncc32)N1. The van der Waals surface area contributed by atoms with Crippen LogP contribution in [0.1, 0.15) is 29.7 Å². The molecule has 1 N–H and O–H groups in total. The van der Waals surface area contributed by atoms with Crippen molar-refractivity contribution in [2.24, 2.45) is 0 Å². The zero-order valence-corrected chi connectivity index (χ0v) is 10.6. The van der Waals surface area contributed by atoms with E-state index in [0.29, 0.717) is 6.42 Å². The highest BCUT2D eigenvalue weighted by Gasteiger charge is 2.44. The Morgan fingerprint density at radius 1 is 1.32 bits per heavy atom. The monoisotopic (exact) mass is 253 g/mol. The summed E-state index contributed by atoms with van der Waals surface area (Å²) in [6, 6.07) is 8.25. The number of hydrogen-bond acceptors (Lipinski definition) is 2. The van der Waals surface area contributed by atoms with Crippen molar-refractivity contribution in [3.8, 4) is 0 Å². The van der Waals surface area contributed by atoms with E-state index < -0.39 is 0 Å². The Labute approximate surface area is 111 Å². The van der Waals surface area contributed by atoms with Gasteiger partial charge in [0.15, 0.2) is 0 Å². The van der Waals surface area contributed by atoms with E-state index in [9.17, 15) is 4.79 Å². The summed E-state index contributed by atoms with van der Waals surface area (Å²) < 4.78 is 2.16. The molecule has 1 atom stereocenters. The number of aryl methyl sites for hydroxylation is 1. The summed E-state index contributed by atoms with van der Waals surface area (Å²) in [4.78, 5) is 16.4. The maximum absolute atomic E-state index is 12.1. The van der Waals surface area contributed by atoms with Crippen LogP contribution in [0.2, 0.25) is 0 Å². The maximum atomic E-state index is 12.1. The van der Waals surface area contributed by atoms with Crippen molar-refractivity contribution in [3.05, 3.63) is 53.6 Å². The number of nitrogens with zero attached hydrogens (tertiary/aromatic N) is 2.